The zero-order chi connectivity index (χ0) is 16.8. The molecule has 0 aliphatic carbocycles. The van der Waals surface area contributed by atoms with Crippen molar-refractivity contribution < 1.29 is 4.39 Å². The SMILES string of the molecule is CCc1nnc2n(-c3ccc(F)c(Cl)c3)c(=O)c3ccccc3n12. The quantitative estimate of drug-likeness (QED) is 0.561. The van der Waals surface area contributed by atoms with Gasteiger partial charge in [0.1, 0.15) is 11.6 Å². The van der Waals surface area contributed by atoms with E-state index in [1.165, 1.54) is 22.8 Å². The summed E-state index contributed by atoms with van der Waals surface area (Å²) in [5, 5.41) is 8.82. The molecule has 2 aromatic carbocycles. The van der Waals surface area contributed by atoms with Crippen molar-refractivity contribution in [3.8, 4) is 5.69 Å². The number of aromatic nitrogens is 4. The normalized spacial score (nSPS) is 11.5. The molecule has 0 saturated heterocycles. The highest BCUT2D eigenvalue weighted by atomic mass is 35.5. The van der Waals surface area contributed by atoms with Crippen molar-refractivity contribution in [3.05, 3.63) is 69.5 Å². The Morgan fingerprint density at radius 1 is 1.17 bits per heavy atom. The first-order valence-corrected chi connectivity index (χ1v) is 7.82. The second-order valence-electron chi connectivity index (χ2n) is 5.36. The summed E-state index contributed by atoms with van der Waals surface area (Å²) in [5.41, 5.74) is 0.928. The van der Waals surface area contributed by atoms with Gasteiger partial charge < -0.3 is 0 Å². The second-order valence-corrected chi connectivity index (χ2v) is 5.77. The molecule has 0 spiro atoms. The number of hydrogen-bond acceptors (Lipinski definition) is 3. The van der Waals surface area contributed by atoms with Gasteiger partial charge in [0.25, 0.3) is 5.56 Å². The highest BCUT2D eigenvalue weighted by Gasteiger charge is 2.17. The minimum Gasteiger partial charge on any atom is -0.268 e. The van der Waals surface area contributed by atoms with Crippen LogP contribution >= 0.6 is 11.6 Å². The van der Waals surface area contributed by atoms with Gasteiger partial charge in [-0.15, -0.1) is 10.2 Å². The highest BCUT2D eigenvalue weighted by molar-refractivity contribution is 6.30. The van der Waals surface area contributed by atoms with Gasteiger partial charge in [-0.25, -0.2) is 8.96 Å². The van der Waals surface area contributed by atoms with Crippen LogP contribution in [0.25, 0.3) is 22.4 Å². The van der Waals surface area contributed by atoms with Gasteiger partial charge in [0.2, 0.25) is 5.78 Å². The zero-order valence-corrected chi connectivity index (χ0v) is 13.5. The molecule has 0 aliphatic rings. The number of benzene rings is 2. The van der Waals surface area contributed by atoms with Gasteiger partial charge in [0.05, 0.1) is 21.6 Å². The van der Waals surface area contributed by atoms with E-state index < -0.39 is 5.82 Å². The molecule has 120 valence electrons. The summed E-state index contributed by atoms with van der Waals surface area (Å²) >= 11 is 5.88. The van der Waals surface area contributed by atoms with E-state index in [2.05, 4.69) is 10.2 Å². The lowest BCUT2D eigenvalue weighted by molar-refractivity contribution is 0.628. The number of aryl methyl sites for hydroxylation is 1. The predicted octanol–water partition coefficient (Wildman–Crippen LogP) is 3.39. The average molecular weight is 343 g/mol. The summed E-state index contributed by atoms with van der Waals surface area (Å²) in [7, 11) is 0. The standard InChI is InChI=1S/C17H12ClFN4O/c1-2-15-20-21-17-22(10-7-8-13(19)12(18)9-10)16(24)11-5-3-4-6-14(11)23(15)17/h3-9H,2H2,1H3. The zero-order valence-electron chi connectivity index (χ0n) is 12.7. The fourth-order valence-corrected chi connectivity index (χ4v) is 3.02. The number of nitrogens with zero attached hydrogens (tertiary/aromatic N) is 4. The minimum atomic E-state index is -0.541. The van der Waals surface area contributed by atoms with Crippen molar-refractivity contribution >= 4 is 28.3 Å². The first-order valence-electron chi connectivity index (χ1n) is 7.45. The molecular formula is C17H12ClFN4O. The van der Waals surface area contributed by atoms with Crippen molar-refractivity contribution in [2.24, 2.45) is 0 Å². The first kappa shape index (κ1) is 14.8. The molecule has 4 aromatic rings. The molecule has 7 heteroatoms. The average Bonchev–Trinajstić information content (AvgIpc) is 3.02. The Labute approximate surface area is 140 Å². The number of rotatable bonds is 2. The van der Waals surface area contributed by atoms with E-state index in [-0.39, 0.29) is 10.6 Å². The van der Waals surface area contributed by atoms with Gasteiger partial charge in [0.15, 0.2) is 0 Å². The Morgan fingerprint density at radius 2 is 1.96 bits per heavy atom. The summed E-state index contributed by atoms with van der Waals surface area (Å²) in [6, 6.07) is 11.4. The summed E-state index contributed by atoms with van der Waals surface area (Å²) < 4.78 is 16.7. The van der Waals surface area contributed by atoms with E-state index in [9.17, 15) is 9.18 Å². The molecule has 0 N–H and O–H groups in total. The van der Waals surface area contributed by atoms with Crippen molar-refractivity contribution in [2.45, 2.75) is 13.3 Å². The van der Waals surface area contributed by atoms with E-state index >= 15 is 0 Å². The van der Waals surface area contributed by atoms with Crippen LogP contribution in [0.5, 0.6) is 0 Å². The third-order valence-corrected chi connectivity index (χ3v) is 4.26. The molecule has 0 amide bonds. The topological polar surface area (TPSA) is 52.2 Å². The van der Waals surface area contributed by atoms with Gasteiger partial charge in [-0.3, -0.25) is 9.20 Å². The lowest BCUT2D eigenvalue weighted by Crippen LogP contribution is -2.22. The number of para-hydroxylation sites is 1. The van der Waals surface area contributed by atoms with Crippen LogP contribution in [0, 0.1) is 5.82 Å². The Balaban J connectivity index is 2.22. The molecule has 4 rings (SSSR count). The van der Waals surface area contributed by atoms with Gasteiger partial charge in [0, 0.05) is 6.42 Å². The molecule has 0 unspecified atom stereocenters. The molecule has 0 radical (unpaired) electrons. The smallest absolute Gasteiger partial charge is 0.267 e. The van der Waals surface area contributed by atoms with E-state index in [0.29, 0.717) is 23.3 Å². The Bertz CT molecular complexity index is 1150. The summed E-state index contributed by atoms with van der Waals surface area (Å²) in [4.78, 5) is 13.0. The molecule has 0 aliphatic heterocycles. The number of halogens is 2. The minimum absolute atomic E-state index is 0.0547. The van der Waals surface area contributed by atoms with E-state index in [1.54, 1.807) is 12.1 Å². The lowest BCUT2D eigenvalue weighted by Gasteiger charge is -2.11. The molecule has 5 nitrogen and oxygen atoms in total. The van der Waals surface area contributed by atoms with Gasteiger partial charge in [-0.2, -0.15) is 0 Å². The third kappa shape index (κ3) is 2.03. The van der Waals surface area contributed by atoms with Crippen LogP contribution < -0.4 is 5.56 Å². The van der Waals surface area contributed by atoms with Crippen molar-refractivity contribution in [2.75, 3.05) is 0 Å². The van der Waals surface area contributed by atoms with Gasteiger partial charge in [-0.1, -0.05) is 30.7 Å². The van der Waals surface area contributed by atoms with Gasteiger partial charge in [-0.05, 0) is 30.3 Å². The fourth-order valence-electron chi connectivity index (χ4n) is 2.85. The first-order chi connectivity index (χ1) is 11.6. The monoisotopic (exact) mass is 342 g/mol. The summed E-state index contributed by atoms with van der Waals surface area (Å²) in [6.45, 7) is 1.97. The molecule has 2 aromatic heterocycles. The van der Waals surface area contributed by atoms with Crippen LogP contribution in [0.1, 0.15) is 12.7 Å². The van der Waals surface area contributed by atoms with Crippen molar-refractivity contribution in [1.29, 1.82) is 0 Å². The number of hydrogen-bond donors (Lipinski definition) is 0. The Morgan fingerprint density at radius 3 is 2.71 bits per heavy atom. The number of fused-ring (bicyclic) bond motifs is 3. The van der Waals surface area contributed by atoms with Gasteiger partial charge >= 0.3 is 0 Å². The fraction of sp³-hybridized carbons (Fsp3) is 0.118. The molecule has 0 bridgehead atoms. The van der Waals surface area contributed by atoms with E-state index in [1.807, 2.05) is 23.5 Å². The molecule has 0 saturated carbocycles. The van der Waals surface area contributed by atoms with Crippen LogP contribution in [0.4, 0.5) is 4.39 Å². The maximum atomic E-state index is 13.5. The molecule has 24 heavy (non-hydrogen) atoms. The molecule has 0 atom stereocenters. The van der Waals surface area contributed by atoms with Crippen LogP contribution in [0.3, 0.4) is 0 Å². The predicted molar refractivity (Wildman–Crippen MR) is 90.4 cm³/mol. The Hall–Kier alpha value is -2.73. The van der Waals surface area contributed by atoms with Crippen LogP contribution in [-0.4, -0.2) is 19.2 Å². The summed E-state index contributed by atoms with van der Waals surface area (Å²) in [6.07, 6.45) is 0.660. The molecule has 2 heterocycles. The van der Waals surface area contributed by atoms with E-state index in [4.69, 9.17) is 11.6 Å². The second kappa shape index (κ2) is 5.42. The van der Waals surface area contributed by atoms with E-state index in [0.717, 1.165) is 11.3 Å². The van der Waals surface area contributed by atoms with Crippen molar-refractivity contribution in [1.82, 2.24) is 19.2 Å². The largest absolute Gasteiger partial charge is 0.268 e. The van der Waals surface area contributed by atoms with Crippen LogP contribution in [-0.2, 0) is 6.42 Å². The maximum absolute atomic E-state index is 13.5. The lowest BCUT2D eigenvalue weighted by atomic mass is 10.2. The Kier molecular flexibility index (Phi) is 3.35. The third-order valence-electron chi connectivity index (χ3n) is 3.97. The molecule has 0 fully saturated rings. The molecular weight excluding hydrogens is 331 g/mol. The van der Waals surface area contributed by atoms with Crippen molar-refractivity contribution in [3.63, 3.8) is 0 Å². The maximum Gasteiger partial charge on any atom is 0.267 e. The van der Waals surface area contributed by atoms with Crippen LogP contribution in [0.2, 0.25) is 5.02 Å². The highest BCUT2D eigenvalue weighted by Crippen LogP contribution is 2.21. The summed E-state index contributed by atoms with van der Waals surface area (Å²) in [5.74, 6) is 0.572. The van der Waals surface area contributed by atoms with Crippen LogP contribution in [0.15, 0.2) is 47.3 Å².